The number of ether oxygens (including phenoxy) is 1. The van der Waals surface area contributed by atoms with Crippen LogP contribution in [0, 0.1) is 5.92 Å². The molecule has 1 nitrogen and oxygen atoms in total. The summed E-state index contributed by atoms with van der Waals surface area (Å²) in [7, 11) is 0. The van der Waals surface area contributed by atoms with Crippen LogP contribution in [0.3, 0.4) is 0 Å². The maximum atomic E-state index is 5.83. The zero-order chi connectivity index (χ0) is 7.97. The van der Waals surface area contributed by atoms with Crippen LogP contribution in [0.1, 0.15) is 18.4 Å². The Balaban J connectivity index is 2.00. The van der Waals surface area contributed by atoms with Crippen LogP contribution < -0.4 is 4.74 Å². The Bertz CT molecular complexity index is 275. The summed E-state index contributed by atoms with van der Waals surface area (Å²) in [5, 5.41) is 0. The van der Waals surface area contributed by atoms with E-state index >= 15 is 0 Å². The number of benzene rings is 1. The Hall–Kier alpha value is -0.980. The Morgan fingerprint density at radius 2 is 2.08 bits per heavy atom. The first-order chi connectivity index (χ1) is 5.93. The minimum absolute atomic E-state index is 0.542. The van der Waals surface area contributed by atoms with Crippen molar-refractivity contribution in [2.45, 2.75) is 25.4 Å². The molecule has 1 aromatic rings. The number of rotatable bonds is 0. The molecule has 0 amide bonds. The lowest BCUT2D eigenvalue weighted by molar-refractivity contribution is 0.0300. The molecule has 0 radical (unpaired) electrons. The highest BCUT2D eigenvalue weighted by molar-refractivity contribution is 5.36. The van der Waals surface area contributed by atoms with Crippen molar-refractivity contribution in [3.63, 3.8) is 0 Å². The largest absolute Gasteiger partial charge is 0.490 e. The van der Waals surface area contributed by atoms with Gasteiger partial charge in [0.2, 0.25) is 0 Å². The Morgan fingerprint density at radius 3 is 2.92 bits per heavy atom. The van der Waals surface area contributed by atoms with Gasteiger partial charge in [0.15, 0.2) is 0 Å². The molecule has 0 saturated heterocycles. The summed E-state index contributed by atoms with van der Waals surface area (Å²) >= 11 is 0. The normalized spacial score (nSPS) is 31.0. The summed E-state index contributed by atoms with van der Waals surface area (Å²) in [6, 6.07) is 8.42. The van der Waals surface area contributed by atoms with Crippen LogP contribution in [-0.4, -0.2) is 6.10 Å². The van der Waals surface area contributed by atoms with Crippen LogP contribution in [0.25, 0.3) is 0 Å². The van der Waals surface area contributed by atoms with Crippen molar-refractivity contribution in [2.24, 2.45) is 5.92 Å². The van der Waals surface area contributed by atoms with Gasteiger partial charge in [-0.3, -0.25) is 0 Å². The molecule has 3 rings (SSSR count). The lowest BCUT2D eigenvalue weighted by Gasteiger charge is -2.41. The summed E-state index contributed by atoms with van der Waals surface area (Å²) in [6.45, 7) is 0. The predicted octanol–water partition coefficient (Wildman–Crippen LogP) is 2.40. The van der Waals surface area contributed by atoms with Crippen molar-refractivity contribution < 1.29 is 4.74 Å². The summed E-state index contributed by atoms with van der Waals surface area (Å²) in [5.74, 6) is 1.94. The van der Waals surface area contributed by atoms with E-state index in [1.165, 1.54) is 24.8 Å². The molecule has 1 aromatic carbocycles. The molecular weight excluding hydrogens is 148 g/mol. The summed E-state index contributed by atoms with van der Waals surface area (Å²) in [5.41, 5.74) is 1.40. The maximum absolute atomic E-state index is 5.83. The molecule has 1 aliphatic heterocycles. The highest BCUT2D eigenvalue weighted by Crippen LogP contribution is 2.40. The molecule has 0 aromatic heterocycles. The molecule has 1 fully saturated rings. The first-order valence-corrected chi connectivity index (χ1v) is 4.68. The minimum Gasteiger partial charge on any atom is -0.490 e. The fourth-order valence-electron chi connectivity index (χ4n) is 2.16. The fourth-order valence-corrected chi connectivity index (χ4v) is 2.16. The quantitative estimate of drug-likeness (QED) is 0.566. The standard InChI is InChI=1S/C11H12O/c1-2-4-10-8(3-1)7-9-5-6-11(9)12-10/h1-4,9,11H,5-7H2/t9-,11-/m1/s1. The molecule has 1 aliphatic carbocycles. The zero-order valence-corrected chi connectivity index (χ0v) is 6.99. The average Bonchev–Trinajstić information content (AvgIpc) is 2.09. The lowest BCUT2D eigenvalue weighted by atomic mass is 9.76. The summed E-state index contributed by atoms with van der Waals surface area (Å²) in [6.07, 6.45) is 4.40. The van der Waals surface area contributed by atoms with Gasteiger partial charge in [0.25, 0.3) is 0 Å². The minimum atomic E-state index is 0.542. The van der Waals surface area contributed by atoms with Gasteiger partial charge in [0, 0.05) is 5.92 Å². The van der Waals surface area contributed by atoms with E-state index in [1.807, 2.05) is 0 Å². The first-order valence-electron chi connectivity index (χ1n) is 4.68. The highest BCUT2D eigenvalue weighted by Gasteiger charge is 2.36. The topological polar surface area (TPSA) is 9.23 Å². The molecule has 0 spiro atoms. The molecule has 62 valence electrons. The van der Waals surface area contributed by atoms with Gasteiger partial charge in [-0.25, -0.2) is 0 Å². The summed E-state index contributed by atoms with van der Waals surface area (Å²) in [4.78, 5) is 0. The van der Waals surface area contributed by atoms with Crippen LogP contribution in [0.15, 0.2) is 24.3 Å². The van der Waals surface area contributed by atoms with Gasteiger partial charge in [-0.2, -0.15) is 0 Å². The van der Waals surface area contributed by atoms with Crippen LogP contribution in [-0.2, 0) is 6.42 Å². The zero-order valence-electron chi connectivity index (χ0n) is 6.99. The predicted molar refractivity (Wildman–Crippen MR) is 47.3 cm³/mol. The second-order valence-electron chi connectivity index (χ2n) is 3.81. The van der Waals surface area contributed by atoms with Gasteiger partial charge in [-0.15, -0.1) is 0 Å². The molecule has 2 atom stereocenters. The third kappa shape index (κ3) is 0.795. The third-order valence-corrected chi connectivity index (χ3v) is 3.08. The van der Waals surface area contributed by atoms with Crippen LogP contribution in [0.2, 0.25) is 0 Å². The first kappa shape index (κ1) is 6.53. The molecule has 12 heavy (non-hydrogen) atoms. The number of para-hydroxylation sites is 1. The van der Waals surface area contributed by atoms with Crippen LogP contribution >= 0.6 is 0 Å². The SMILES string of the molecule is c1ccc2c(c1)C[C@H]1CC[C@H]1O2. The second-order valence-corrected chi connectivity index (χ2v) is 3.81. The van der Waals surface area contributed by atoms with E-state index in [0.717, 1.165) is 11.7 Å². The highest BCUT2D eigenvalue weighted by atomic mass is 16.5. The Labute approximate surface area is 72.4 Å². The molecule has 1 heteroatoms. The number of fused-ring (bicyclic) bond motifs is 2. The van der Waals surface area contributed by atoms with E-state index in [1.54, 1.807) is 0 Å². The molecule has 1 saturated carbocycles. The Kier molecular flexibility index (Phi) is 1.23. The van der Waals surface area contributed by atoms with Gasteiger partial charge in [0.1, 0.15) is 11.9 Å². The number of hydrogen-bond donors (Lipinski definition) is 0. The molecular formula is C11H12O. The van der Waals surface area contributed by atoms with E-state index in [2.05, 4.69) is 24.3 Å². The van der Waals surface area contributed by atoms with E-state index in [9.17, 15) is 0 Å². The third-order valence-electron chi connectivity index (χ3n) is 3.08. The van der Waals surface area contributed by atoms with Gasteiger partial charge < -0.3 is 4.74 Å². The Morgan fingerprint density at radius 1 is 1.17 bits per heavy atom. The van der Waals surface area contributed by atoms with Crippen molar-refractivity contribution in [3.8, 4) is 5.75 Å². The van der Waals surface area contributed by atoms with Crippen molar-refractivity contribution in [3.05, 3.63) is 29.8 Å². The summed E-state index contributed by atoms with van der Waals surface area (Å²) < 4.78 is 5.83. The van der Waals surface area contributed by atoms with Gasteiger partial charge >= 0.3 is 0 Å². The second kappa shape index (κ2) is 2.25. The van der Waals surface area contributed by atoms with E-state index in [4.69, 9.17) is 4.74 Å². The van der Waals surface area contributed by atoms with Gasteiger partial charge in [-0.1, -0.05) is 18.2 Å². The van der Waals surface area contributed by atoms with Crippen molar-refractivity contribution in [1.29, 1.82) is 0 Å². The lowest BCUT2D eigenvalue weighted by Crippen LogP contribution is -2.41. The van der Waals surface area contributed by atoms with Crippen molar-refractivity contribution >= 4 is 0 Å². The molecule has 0 unspecified atom stereocenters. The van der Waals surface area contributed by atoms with Crippen molar-refractivity contribution in [1.82, 2.24) is 0 Å². The van der Waals surface area contributed by atoms with Crippen molar-refractivity contribution in [2.75, 3.05) is 0 Å². The molecule has 1 heterocycles. The smallest absolute Gasteiger partial charge is 0.122 e. The fraction of sp³-hybridized carbons (Fsp3) is 0.455. The van der Waals surface area contributed by atoms with Crippen LogP contribution in [0.4, 0.5) is 0 Å². The number of hydrogen-bond acceptors (Lipinski definition) is 1. The van der Waals surface area contributed by atoms with E-state index < -0.39 is 0 Å². The molecule has 0 N–H and O–H groups in total. The monoisotopic (exact) mass is 160 g/mol. The van der Waals surface area contributed by atoms with E-state index in [-0.39, 0.29) is 0 Å². The van der Waals surface area contributed by atoms with Crippen LogP contribution in [0.5, 0.6) is 5.75 Å². The molecule has 2 aliphatic rings. The molecule has 0 bridgehead atoms. The maximum Gasteiger partial charge on any atom is 0.122 e. The average molecular weight is 160 g/mol. The van der Waals surface area contributed by atoms with Gasteiger partial charge in [0.05, 0.1) is 0 Å². The van der Waals surface area contributed by atoms with E-state index in [0.29, 0.717) is 6.10 Å². The van der Waals surface area contributed by atoms with Gasteiger partial charge in [-0.05, 0) is 30.9 Å².